The normalized spacial score (nSPS) is 22.9. The minimum atomic E-state index is -0.447. The molecule has 6 heteroatoms. The zero-order valence-electron chi connectivity index (χ0n) is 19.7. The lowest BCUT2D eigenvalue weighted by Gasteiger charge is -2.37. The van der Waals surface area contributed by atoms with Gasteiger partial charge in [-0.2, -0.15) is 0 Å². The number of carbonyl (C=O) groups is 2. The van der Waals surface area contributed by atoms with Crippen LogP contribution in [-0.2, 0) is 14.3 Å². The summed E-state index contributed by atoms with van der Waals surface area (Å²) in [6.07, 6.45) is 8.47. The fourth-order valence-electron chi connectivity index (χ4n) is 5.53. The van der Waals surface area contributed by atoms with Crippen molar-refractivity contribution in [3.63, 3.8) is 0 Å². The maximum absolute atomic E-state index is 13.6. The molecule has 34 heavy (non-hydrogen) atoms. The Kier molecular flexibility index (Phi) is 6.22. The largest absolute Gasteiger partial charge is 0.497 e. The van der Waals surface area contributed by atoms with Crippen molar-refractivity contribution >= 4 is 11.8 Å². The first-order valence-corrected chi connectivity index (χ1v) is 12.0. The van der Waals surface area contributed by atoms with E-state index >= 15 is 0 Å². The number of carbonyl (C=O) groups excluding carboxylic acids is 2. The summed E-state index contributed by atoms with van der Waals surface area (Å²) in [6, 6.07) is 11.7. The number of rotatable bonds is 5. The molecule has 1 aromatic heterocycles. The van der Waals surface area contributed by atoms with Crippen LogP contribution in [-0.4, -0.2) is 30.0 Å². The summed E-state index contributed by atoms with van der Waals surface area (Å²) in [4.78, 5) is 31.2. The Morgan fingerprint density at radius 1 is 1.00 bits per heavy atom. The number of pyridine rings is 1. The Labute approximate surface area is 200 Å². The molecule has 0 amide bonds. The van der Waals surface area contributed by atoms with Gasteiger partial charge in [-0.1, -0.05) is 12.1 Å². The molecular weight excluding hydrogens is 428 g/mol. The molecule has 3 aliphatic rings. The summed E-state index contributed by atoms with van der Waals surface area (Å²) >= 11 is 0. The van der Waals surface area contributed by atoms with Gasteiger partial charge in [0.05, 0.1) is 12.7 Å². The van der Waals surface area contributed by atoms with Gasteiger partial charge in [-0.15, -0.1) is 0 Å². The van der Waals surface area contributed by atoms with Crippen LogP contribution < -0.4 is 10.1 Å². The summed E-state index contributed by atoms with van der Waals surface area (Å²) in [5.74, 6) is 0.161. The van der Waals surface area contributed by atoms with E-state index in [1.165, 1.54) is 0 Å². The number of aromatic nitrogens is 1. The van der Waals surface area contributed by atoms with Crippen LogP contribution in [0.2, 0.25) is 0 Å². The monoisotopic (exact) mass is 458 g/mol. The molecule has 2 atom stereocenters. The van der Waals surface area contributed by atoms with Gasteiger partial charge in [-0.3, -0.25) is 9.78 Å². The Bertz CT molecular complexity index is 1140. The van der Waals surface area contributed by atoms with E-state index in [1.54, 1.807) is 19.5 Å². The van der Waals surface area contributed by atoms with E-state index in [-0.39, 0.29) is 23.8 Å². The van der Waals surface area contributed by atoms with E-state index in [0.717, 1.165) is 54.0 Å². The van der Waals surface area contributed by atoms with E-state index in [2.05, 4.69) is 10.3 Å². The Balaban J connectivity index is 1.50. The van der Waals surface area contributed by atoms with Crippen molar-refractivity contribution in [1.29, 1.82) is 0 Å². The number of methoxy groups -OCH3 is 1. The second-order valence-corrected chi connectivity index (χ2v) is 9.38. The lowest BCUT2D eigenvalue weighted by Crippen LogP contribution is -2.36. The Morgan fingerprint density at radius 2 is 1.71 bits per heavy atom. The predicted molar refractivity (Wildman–Crippen MR) is 128 cm³/mol. The Morgan fingerprint density at radius 3 is 2.38 bits per heavy atom. The number of allylic oxidation sites excluding steroid dienone is 3. The molecule has 6 nitrogen and oxygen atoms in total. The van der Waals surface area contributed by atoms with Gasteiger partial charge in [-0.25, -0.2) is 4.79 Å². The molecule has 1 N–H and O–H groups in total. The van der Waals surface area contributed by atoms with Crippen LogP contribution in [0, 0.1) is 0 Å². The number of esters is 1. The van der Waals surface area contributed by atoms with Crippen LogP contribution in [0.3, 0.4) is 0 Å². The average Bonchev–Trinajstić information content (AvgIpc) is 3.36. The fraction of sp³-hybridized carbons (Fsp3) is 0.393. The maximum atomic E-state index is 13.6. The minimum Gasteiger partial charge on any atom is -0.497 e. The van der Waals surface area contributed by atoms with E-state index < -0.39 is 5.92 Å². The van der Waals surface area contributed by atoms with Gasteiger partial charge >= 0.3 is 5.97 Å². The Hall–Kier alpha value is -3.41. The van der Waals surface area contributed by atoms with Crippen LogP contribution >= 0.6 is 0 Å². The highest BCUT2D eigenvalue weighted by Crippen LogP contribution is 2.46. The van der Waals surface area contributed by atoms with Crippen molar-refractivity contribution in [2.75, 3.05) is 7.11 Å². The minimum absolute atomic E-state index is 0.0391. The smallest absolute Gasteiger partial charge is 0.337 e. The first-order valence-electron chi connectivity index (χ1n) is 12.0. The third-order valence-electron chi connectivity index (χ3n) is 7.25. The number of ether oxygens (including phenoxy) is 2. The van der Waals surface area contributed by atoms with Crippen LogP contribution in [0.15, 0.2) is 71.3 Å². The lowest BCUT2D eigenvalue weighted by molar-refractivity contribution is -0.144. The van der Waals surface area contributed by atoms with Gasteiger partial charge in [0.2, 0.25) is 0 Å². The number of nitrogens with zero attached hydrogens (tertiary/aromatic N) is 1. The molecule has 0 bridgehead atoms. The van der Waals surface area contributed by atoms with Gasteiger partial charge in [0.1, 0.15) is 11.9 Å². The molecule has 2 aliphatic carbocycles. The molecule has 5 rings (SSSR count). The summed E-state index contributed by atoms with van der Waals surface area (Å²) in [6.45, 7) is 1.91. The first kappa shape index (κ1) is 22.4. The third kappa shape index (κ3) is 4.25. The number of Topliss-reactive ketones (excluding diaryl/α,β-unsaturated/α-hetero) is 1. The third-order valence-corrected chi connectivity index (χ3v) is 7.25. The van der Waals surface area contributed by atoms with E-state index in [0.29, 0.717) is 24.0 Å². The van der Waals surface area contributed by atoms with Crippen molar-refractivity contribution < 1.29 is 19.1 Å². The second kappa shape index (κ2) is 9.45. The highest BCUT2D eigenvalue weighted by Gasteiger charge is 2.42. The molecule has 2 heterocycles. The van der Waals surface area contributed by atoms with E-state index in [9.17, 15) is 9.59 Å². The number of benzene rings is 1. The molecule has 0 radical (unpaired) electrons. The van der Waals surface area contributed by atoms with Crippen LogP contribution in [0.1, 0.15) is 68.4 Å². The molecular formula is C28H30N2O4. The van der Waals surface area contributed by atoms with Crippen LogP contribution in [0.4, 0.5) is 0 Å². The van der Waals surface area contributed by atoms with Crippen molar-refractivity contribution in [3.05, 3.63) is 82.5 Å². The van der Waals surface area contributed by atoms with Crippen molar-refractivity contribution in [2.45, 2.75) is 63.4 Å². The molecule has 1 aromatic carbocycles. The van der Waals surface area contributed by atoms with Gasteiger partial charge < -0.3 is 14.8 Å². The molecule has 2 aromatic rings. The average molecular weight is 459 g/mol. The van der Waals surface area contributed by atoms with Crippen molar-refractivity contribution in [2.24, 2.45) is 0 Å². The SMILES string of the molecule is COc1ccc([C@@H]2CC(=O)C3=C(C2)NC(C)=C(C(=O)OC2CCCC2)[C@H]3c2ccncc2)cc1. The van der Waals surface area contributed by atoms with E-state index in [4.69, 9.17) is 9.47 Å². The molecule has 1 aliphatic heterocycles. The van der Waals surface area contributed by atoms with E-state index in [1.807, 2.05) is 43.3 Å². The molecule has 1 fully saturated rings. The predicted octanol–water partition coefficient (Wildman–Crippen LogP) is 4.94. The summed E-state index contributed by atoms with van der Waals surface area (Å²) in [5.41, 5.74) is 4.86. The molecule has 176 valence electrons. The maximum Gasteiger partial charge on any atom is 0.337 e. The number of ketones is 1. The highest BCUT2D eigenvalue weighted by atomic mass is 16.5. The topological polar surface area (TPSA) is 77.5 Å². The summed E-state index contributed by atoms with van der Waals surface area (Å²) in [5, 5.41) is 3.42. The zero-order valence-corrected chi connectivity index (χ0v) is 19.7. The van der Waals surface area contributed by atoms with Crippen LogP contribution in [0.5, 0.6) is 5.75 Å². The highest BCUT2D eigenvalue weighted by molar-refractivity contribution is 6.04. The van der Waals surface area contributed by atoms with Crippen molar-refractivity contribution in [3.8, 4) is 5.75 Å². The van der Waals surface area contributed by atoms with Crippen LogP contribution in [0.25, 0.3) is 0 Å². The first-order chi connectivity index (χ1) is 16.5. The molecule has 1 saturated carbocycles. The number of dihydropyridines is 1. The van der Waals surface area contributed by atoms with Crippen molar-refractivity contribution in [1.82, 2.24) is 10.3 Å². The number of hydrogen-bond donors (Lipinski definition) is 1. The van der Waals surface area contributed by atoms with Gasteiger partial charge in [-0.05, 0) is 80.3 Å². The molecule has 0 spiro atoms. The number of nitrogens with one attached hydrogen (secondary N) is 1. The van der Waals surface area contributed by atoms with Gasteiger partial charge in [0.15, 0.2) is 5.78 Å². The second-order valence-electron chi connectivity index (χ2n) is 9.38. The van der Waals surface area contributed by atoms with Gasteiger partial charge in [0.25, 0.3) is 0 Å². The fourth-order valence-corrected chi connectivity index (χ4v) is 5.53. The quantitative estimate of drug-likeness (QED) is 0.640. The number of hydrogen-bond acceptors (Lipinski definition) is 6. The standard InChI is InChI=1S/C28H30N2O4/c1-17-25(28(32)34-22-5-3-4-6-22)26(19-11-13-29-14-12-19)27-23(30-17)15-20(16-24(27)31)18-7-9-21(33-2)10-8-18/h7-14,20,22,26,30H,3-6,15-16H2,1-2H3/t20-,26+/m0/s1. The molecule has 0 unspecified atom stereocenters. The summed E-state index contributed by atoms with van der Waals surface area (Å²) < 4.78 is 11.2. The van der Waals surface area contributed by atoms with Gasteiger partial charge in [0, 0.05) is 41.7 Å². The molecule has 0 saturated heterocycles. The lowest BCUT2D eigenvalue weighted by atomic mass is 9.72. The zero-order chi connectivity index (χ0) is 23.7. The summed E-state index contributed by atoms with van der Waals surface area (Å²) in [7, 11) is 1.64.